The fraction of sp³-hybridized carbons (Fsp3) is 0.538. The van der Waals surface area contributed by atoms with E-state index in [4.69, 9.17) is 5.11 Å². The first-order valence-corrected chi connectivity index (χ1v) is 5.96. The van der Waals surface area contributed by atoms with Gasteiger partial charge in [-0.1, -0.05) is 6.07 Å². The molecule has 0 bridgehead atoms. The highest BCUT2D eigenvalue weighted by Gasteiger charge is 2.36. The number of aromatic nitrogens is 1. The van der Waals surface area contributed by atoms with E-state index in [0.717, 1.165) is 38.2 Å². The van der Waals surface area contributed by atoms with Crippen molar-refractivity contribution in [2.45, 2.75) is 26.3 Å². The maximum atomic E-state index is 11.1. The van der Waals surface area contributed by atoms with Crippen molar-refractivity contribution in [3.05, 3.63) is 30.1 Å². The lowest BCUT2D eigenvalue weighted by molar-refractivity contribution is -0.150. The second kappa shape index (κ2) is 4.84. The van der Waals surface area contributed by atoms with Crippen LogP contribution >= 0.6 is 0 Å². The van der Waals surface area contributed by atoms with Crippen LogP contribution in [0.1, 0.15) is 25.5 Å². The highest BCUT2D eigenvalue weighted by Crippen LogP contribution is 2.31. The van der Waals surface area contributed by atoms with Gasteiger partial charge in [-0.25, -0.2) is 0 Å². The normalized spacial score (nSPS) is 20.1. The summed E-state index contributed by atoms with van der Waals surface area (Å²) in [6, 6.07) is 5.89. The highest BCUT2D eigenvalue weighted by atomic mass is 16.4. The quantitative estimate of drug-likeness (QED) is 0.866. The van der Waals surface area contributed by atoms with Gasteiger partial charge in [0.1, 0.15) is 0 Å². The Morgan fingerprint density at radius 2 is 2.18 bits per heavy atom. The molecule has 0 radical (unpaired) electrons. The second-order valence-corrected chi connectivity index (χ2v) is 4.96. The first kappa shape index (κ1) is 12.0. The smallest absolute Gasteiger partial charge is 0.309 e. The molecule has 0 unspecified atom stereocenters. The SMILES string of the molecule is CC1(C(=O)O)CCN(Cc2ccccn2)CC1. The molecule has 17 heavy (non-hydrogen) atoms. The predicted octanol–water partition coefficient (Wildman–Crippen LogP) is 1.77. The molecule has 2 heterocycles. The Bertz CT molecular complexity index is 384. The van der Waals surface area contributed by atoms with Crippen LogP contribution in [-0.4, -0.2) is 34.0 Å². The number of likely N-dealkylation sites (tertiary alicyclic amines) is 1. The molecule has 1 saturated heterocycles. The number of carboxylic acid groups (broad SMARTS) is 1. The lowest BCUT2D eigenvalue weighted by Crippen LogP contribution is -2.42. The predicted molar refractivity (Wildman–Crippen MR) is 64.5 cm³/mol. The van der Waals surface area contributed by atoms with E-state index in [2.05, 4.69) is 9.88 Å². The standard InChI is InChI=1S/C13H18N2O2/c1-13(12(16)17)5-8-15(9-6-13)10-11-4-2-3-7-14-11/h2-4,7H,5-6,8-10H2,1H3,(H,16,17). The van der Waals surface area contributed by atoms with E-state index < -0.39 is 11.4 Å². The van der Waals surface area contributed by atoms with Gasteiger partial charge < -0.3 is 5.11 Å². The molecule has 1 fully saturated rings. The van der Waals surface area contributed by atoms with Gasteiger partial charge in [-0.15, -0.1) is 0 Å². The van der Waals surface area contributed by atoms with Crippen molar-refractivity contribution in [2.24, 2.45) is 5.41 Å². The molecule has 0 aromatic carbocycles. The Morgan fingerprint density at radius 3 is 2.71 bits per heavy atom. The van der Waals surface area contributed by atoms with Crippen LogP contribution in [0.15, 0.2) is 24.4 Å². The molecule has 1 aliphatic rings. The minimum Gasteiger partial charge on any atom is -0.481 e. The topological polar surface area (TPSA) is 53.4 Å². The number of hydrogen-bond acceptors (Lipinski definition) is 3. The molecule has 0 saturated carbocycles. The number of nitrogens with zero attached hydrogens (tertiary/aromatic N) is 2. The molecule has 1 aromatic rings. The van der Waals surface area contributed by atoms with Crippen molar-refractivity contribution in [1.29, 1.82) is 0 Å². The monoisotopic (exact) mass is 234 g/mol. The van der Waals surface area contributed by atoms with Gasteiger partial charge in [0, 0.05) is 12.7 Å². The number of aliphatic carboxylic acids is 1. The van der Waals surface area contributed by atoms with Gasteiger partial charge in [-0.3, -0.25) is 14.7 Å². The Morgan fingerprint density at radius 1 is 1.47 bits per heavy atom. The first-order valence-electron chi connectivity index (χ1n) is 5.96. The van der Waals surface area contributed by atoms with E-state index in [-0.39, 0.29) is 0 Å². The lowest BCUT2D eigenvalue weighted by atomic mass is 9.80. The summed E-state index contributed by atoms with van der Waals surface area (Å²) >= 11 is 0. The zero-order valence-corrected chi connectivity index (χ0v) is 10.1. The van der Waals surface area contributed by atoms with Crippen LogP contribution in [-0.2, 0) is 11.3 Å². The summed E-state index contributed by atoms with van der Waals surface area (Å²) in [7, 11) is 0. The zero-order valence-electron chi connectivity index (χ0n) is 10.1. The van der Waals surface area contributed by atoms with Crippen molar-refractivity contribution in [2.75, 3.05) is 13.1 Å². The summed E-state index contributed by atoms with van der Waals surface area (Å²) in [6.45, 7) is 4.32. The minimum absolute atomic E-state index is 0.541. The molecule has 0 atom stereocenters. The van der Waals surface area contributed by atoms with E-state index >= 15 is 0 Å². The molecule has 0 amide bonds. The highest BCUT2D eigenvalue weighted by molar-refractivity contribution is 5.74. The second-order valence-electron chi connectivity index (χ2n) is 4.96. The molecule has 92 valence electrons. The Balaban J connectivity index is 1.90. The number of pyridine rings is 1. The minimum atomic E-state index is -0.671. The molecule has 4 heteroatoms. The number of piperidine rings is 1. The van der Waals surface area contributed by atoms with Crippen LogP contribution in [0.5, 0.6) is 0 Å². The average molecular weight is 234 g/mol. The van der Waals surface area contributed by atoms with Crippen LogP contribution in [0, 0.1) is 5.41 Å². The molecular weight excluding hydrogens is 216 g/mol. The van der Waals surface area contributed by atoms with E-state index in [1.54, 1.807) is 6.20 Å². The number of hydrogen-bond donors (Lipinski definition) is 1. The number of rotatable bonds is 3. The van der Waals surface area contributed by atoms with Gasteiger partial charge in [0.25, 0.3) is 0 Å². The van der Waals surface area contributed by atoms with Gasteiger partial charge in [-0.05, 0) is 45.0 Å². The fourth-order valence-corrected chi connectivity index (χ4v) is 2.14. The third kappa shape index (κ3) is 2.82. The van der Waals surface area contributed by atoms with Crippen LogP contribution < -0.4 is 0 Å². The Kier molecular flexibility index (Phi) is 3.43. The summed E-state index contributed by atoms with van der Waals surface area (Å²) in [5, 5.41) is 9.14. The van der Waals surface area contributed by atoms with Crippen LogP contribution in [0.25, 0.3) is 0 Å². The molecule has 1 N–H and O–H groups in total. The number of carbonyl (C=O) groups is 1. The van der Waals surface area contributed by atoms with E-state index in [1.165, 1.54) is 0 Å². The Labute approximate surface area is 101 Å². The molecule has 2 rings (SSSR count). The van der Waals surface area contributed by atoms with Gasteiger partial charge in [0.15, 0.2) is 0 Å². The summed E-state index contributed by atoms with van der Waals surface area (Å²) in [5.74, 6) is -0.671. The van der Waals surface area contributed by atoms with Crippen molar-refractivity contribution in [1.82, 2.24) is 9.88 Å². The maximum absolute atomic E-state index is 11.1. The maximum Gasteiger partial charge on any atom is 0.309 e. The summed E-state index contributed by atoms with van der Waals surface area (Å²) in [5.41, 5.74) is 0.507. The molecular formula is C13H18N2O2. The third-order valence-electron chi connectivity index (χ3n) is 3.59. The lowest BCUT2D eigenvalue weighted by Gasteiger charge is -2.36. The molecule has 0 aliphatic carbocycles. The molecule has 0 spiro atoms. The molecule has 1 aromatic heterocycles. The first-order chi connectivity index (χ1) is 8.10. The van der Waals surface area contributed by atoms with Crippen LogP contribution in [0.4, 0.5) is 0 Å². The average Bonchev–Trinajstić information content (AvgIpc) is 2.33. The van der Waals surface area contributed by atoms with Gasteiger partial charge in [-0.2, -0.15) is 0 Å². The van der Waals surface area contributed by atoms with Crippen molar-refractivity contribution in [3.8, 4) is 0 Å². The molecule has 4 nitrogen and oxygen atoms in total. The number of carboxylic acids is 1. The van der Waals surface area contributed by atoms with E-state index in [1.807, 2.05) is 25.1 Å². The zero-order chi connectivity index (χ0) is 12.3. The van der Waals surface area contributed by atoms with Gasteiger partial charge in [0.05, 0.1) is 11.1 Å². The summed E-state index contributed by atoms with van der Waals surface area (Å²) in [6.07, 6.45) is 3.23. The van der Waals surface area contributed by atoms with Crippen LogP contribution in [0.3, 0.4) is 0 Å². The van der Waals surface area contributed by atoms with E-state index in [0.29, 0.717) is 0 Å². The van der Waals surface area contributed by atoms with Crippen molar-refractivity contribution in [3.63, 3.8) is 0 Å². The van der Waals surface area contributed by atoms with Crippen molar-refractivity contribution >= 4 is 5.97 Å². The van der Waals surface area contributed by atoms with Gasteiger partial charge >= 0.3 is 5.97 Å². The summed E-state index contributed by atoms with van der Waals surface area (Å²) in [4.78, 5) is 17.7. The van der Waals surface area contributed by atoms with Crippen molar-refractivity contribution < 1.29 is 9.90 Å². The molecule has 1 aliphatic heterocycles. The van der Waals surface area contributed by atoms with E-state index in [9.17, 15) is 4.79 Å². The third-order valence-corrected chi connectivity index (χ3v) is 3.59. The summed E-state index contributed by atoms with van der Waals surface area (Å²) < 4.78 is 0. The Hall–Kier alpha value is -1.42. The largest absolute Gasteiger partial charge is 0.481 e. The van der Waals surface area contributed by atoms with Gasteiger partial charge in [0.2, 0.25) is 0 Å². The fourth-order valence-electron chi connectivity index (χ4n) is 2.14. The van der Waals surface area contributed by atoms with Crippen LogP contribution in [0.2, 0.25) is 0 Å².